The van der Waals surface area contributed by atoms with Crippen molar-refractivity contribution in [1.29, 1.82) is 0 Å². The van der Waals surface area contributed by atoms with Crippen LogP contribution in [0.3, 0.4) is 0 Å². The van der Waals surface area contributed by atoms with Crippen LogP contribution in [0.1, 0.15) is 56.4 Å². The van der Waals surface area contributed by atoms with E-state index in [0.717, 1.165) is 13.0 Å². The minimum Gasteiger partial charge on any atom is -0.379 e. The maximum absolute atomic E-state index is 5.32. The fourth-order valence-corrected chi connectivity index (χ4v) is 0.784. The lowest BCUT2D eigenvalue weighted by Gasteiger charge is -2.09. The summed E-state index contributed by atoms with van der Waals surface area (Å²) < 4.78 is 15.7. The van der Waals surface area contributed by atoms with Crippen LogP contribution in [0, 0.1) is 0 Å². The zero-order valence-corrected chi connectivity index (χ0v) is 9.04. The third-order valence-corrected chi connectivity index (χ3v) is 1.77. The van der Waals surface area contributed by atoms with E-state index in [1.807, 2.05) is 6.92 Å². The van der Waals surface area contributed by atoms with Gasteiger partial charge in [0.2, 0.25) is 0 Å². The van der Waals surface area contributed by atoms with Crippen molar-refractivity contribution >= 4 is 0 Å². The van der Waals surface area contributed by atoms with Crippen molar-refractivity contribution in [3.8, 4) is 0 Å². The molecule has 0 aromatic carbocycles. The molecule has 0 saturated carbocycles. The van der Waals surface area contributed by atoms with Gasteiger partial charge in [0.25, 0.3) is 0 Å². The van der Waals surface area contributed by atoms with Crippen LogP contribution < -0.4 is 0 Å². The van der Waals surface area contributed by atoms with Gasteiger partial charge in [0.1, 0.15) is 0 Å². The van der Waals surface area contributed by atoms with Gasteiger partial charge in [-0.3, -0.25) is 0 Å². The van der Waals surface area contributed by atoms with Crippen LogP contribution in [0.2, 0.25) is 0 Å². The standard InChI is InChI=1S/C10H22O3.4CH4/c1-4-5-6-12-7-8-13-9-10(2)11-3;;;;/h10H,4-9H2,1-3H3;4*1H4. The Labute approximate surface area is 111 Å². The van der Waals surface area contributed by atoms with E-state index in [1.54, 1.807) is 7.11 Å². The molecule has 0 saturated heterocycles. The van der Waals surface area contributed by atoms with Crippen LogP contribution >= 0.6 is 0 Å². The summed E-state index contributed by atoms with van der Waals surface area (Å²) in [5.41, 5.74) is 0. The van der Waals surface area contributed by atoms with Gasteiger partial charge in [-0.15, -0.1) is 0 Å². The highest BCUT2D eigenvalue weighted by Crippen LogP contribution is 1.90. The normalized spacial score (nSPS) is 10.1. The highest BCUT2D eigenvalue weighted by atomic mass is 16.5. The lowest BCUT2D eigenvalue weighted by molar-refractivity contribution is -0.00658. The molecule has 0 aromatic heterocycles. The average molecular weight is 254 g/mol. The minimum atomic E-state index is 0. The molecule has 0 radical (unpaired) electrons. The van der Waals surface area contributed by atoms with Gasteiger partial charge in [-0.25, -0.2) is 0 Å². The van der Waals surface area contributed by atoms with Crippen LogP contribution in [-0.4, -0.2) is 39.6 Å². The van der Waals surface area contributed by atoms with Crippen LogP contribution in [0.25, 0.3) is 0 Å². The highest BCUT2D eigenvalue weighted by Gasteiger charge is 1.97. The molecule has 17 heavy (non-hydrogen) atoms. The summed E-state index contributed by atoms with van der Waals surface area (Å²) in [7, 11) is 1.69. The molecule has 0 aliphatic rings. The predicted molar refractivity (Wildman–Crippen MR) is 79.9 cm³/mol. The first-order valence-corrected chi connectivity index (χ1v) is 4.99. The molecule has 0 N–H and O–H groups in total. The summed E-state index contributed by atoms with van der Waals surface area (Å²) >= 11 is 0. The third-order valence-electron chi connectivity index (χ3n) is 1.77. The van der Waals surface area contributed by atoms with Crippen LogP contribution in [0.15, 0.2) is 0 Å². The quantitative estimate of drug-likeness (QED) is 0.571. The smallest absolute Gasteiger partial charge is 0.0776 e. The molecule has 112 valence electrons. The molecule has 0 amide bonds. The van der Waals surface area contributed by atoms with Gasteiger partial charge in [0.15, 0.2) is 0 Å². The zero-order valence-electron chi connectivity index (χ0n) is 9.04. The molecule has 0 bridgehead atoms. The van der Waals surface area contributed by atoms with E-state index in [0.29, 0.717) is 19.8 Å². The Kier molecular flexibility index (Phi) is 44.2. The molecule has 0 aliphatic heterocycles. The van der Waals surface area contributed by atoms with E-state index in [-0.39, 0.29) is 35.8 Å². The fourth-order valence-electron chi connectivity index (χ4n) is 0.784. The van der Waals surface area contributed by atoms with Gasteiger partial charge in [-0.05, 0) is 13.3 Å². The molecule has 0 heterocycles. The van der Waals surface area contributed by atoms with E-state index in [9.17, 15) is 0 Å². The molecule has 0 aromatic rings. The van der Waals surface area contributed by atoms with Gasteiger partial charge in [-0.1, -0.05) is 43.1 Å². The topological polar surface area (TPSA) is 27.7 Å². The Morgan fingerprint density at radius 3 is 1.88 bits per heavy atom. The van der Waals surface area contributed by atoms with E-state index < -0.39 is 0 Å². The van der Waals surface area contributed by atoms with Crippen LogP contribution in [0.5, 0.6) is 0 Å². The number of unbranched alkanes of at least 4 members (excludes halogenated alkanes) is 1. The lowest BCUT2D eigenvalue weighted by atomic mass is 10.4. The maximum Gasteiger partial charge on any atom is 0.0776 e. The third kappa shape index (κ3) is 25.8. The molecule has 0 aliphatic carbocycles. The number of rotatable bonds is 9. The molecule has 1 unspecified atom stereocenters. The SMILES string of the molecule is C.C.C.C.CCCCOCCOCC(C)OC. The van der Waals surface area contributed by atoms with Crippen LogP contribution in [-0.2, 0) is 14.2 Å². The minimum absolute atomic E-state index is 0. The van der Waals surface area contributed by atoms with Crippen molar-refractivity contribution in [2.24, 2.45) is 0 Å². The number of ether oxygens (including phenoxy) is 3. The Bertz CT molecular complexity index is 97.5. The molecule has 3 nitrogen and oxygen atoms in total. The van der Waals surface area contributed by atoms with Crippen molar-refractivity contribution in [3.05, 3.63) is 0 Å². The molecular formula is C14H38O3. The van der Waals surface area contributed by atoms with Gasteiger partial charge in [-0.2, -0.15) is 0 Å². The summed E-state index contributed by atoms with van der Waals surface area (Å²) in [5, 5.41) is 0. The van der Waals surface area contributed by atoms with Crippen molar-refractivity contribution in [3.63, 3.8) is 0 Å². The summed E-state index contributed by atoms with van der Waals surface area (Å²) in [6, 6.07) is 0. The van der Waals surface area contributed by atoms with Crippen molar-refractivity contribution in [1.82, 2.24) is 0 Å². The average Bonchev–Trinajstić information content (AvgIpc) is 2.16. The molecule has 0 rings (SSSR count). The molecular weight excluding hydrogens is 216 g/mol. The second-order valence-electron chi connectivity index (χ2n) is 3.09. The monoisotopic (exact) mass is 254 g/mol. The lowest BCUT2D eigenvalue weighted by Crippen LogP contribution is -2.16. The number of hydrogen-bond acceptors (Lipinski definition) is 3. The number of methoxy groups -OCH3 is 1. The molecule has 0 spiro atoms. The Hall–Kier alpha value is -0.120. The predicted octanol–water partition coefficient (Wildman–Crippen LogP) is 4.40. The van der Waals surface area contributed by atoms with Crippen molar-refractivity contribution < 1.29 is 14.2 Å². The maximum atomic E-state index is 5.32. The number of hydrogen-bond donors (Lipinski definition) is 0. The van der Waals surface area contributed by atoms with Crippen molar-refractivity contribution in [2.45, 2.75) is 62.5 Å². The van der Waals surface area contributed by atoms with E-state index in [1.165, 1.54) is 6.42 Å². The first-order valence-electron chi connectivity index (χ1n) is 4.99. The summed E-state index contributed by atoms with van der Waals surface area (Å²) in [5.74, 6) is 0. The van der Waals surface area contributed by atoms with E-state index in [4.69, 9.17) is 14.2 Å². The second kappa shape index (κ2) is 24.9. The van der Waals surface area contributed by atoms with E-state index in [2.05, 4.69) is 6.92 Å². The van der Waals surface area contributed by atoms with Gasteiger partial charge >= 0.3 is 0 Å². The van der Waals surface area contributed by atoms with Gasteiger partial charge in [0.05, 0.1) is 25.9 Å². The van der Waals surface area contributed by atoms with Gasteiger partial charge in [0, 0.05) is 13.7 Å². The largest absolute Gasteiger partial charge is 0.379 e. The first kappa shape index (κ1) is 30.2. The highest BCUT2D eigenvalue weighted by molar-refractivity contribution is 4.44. The van der Waals surface area contributed by atoms with Gasteiger partial charge < -0.3 is 14.2 Å². The molecule has 0 fully saturated rings. The second-order valence-corrected chi connectivity index (χ2v) is 3.09. The Morgan fingerprint density at radius 1 is 0.882 bits per heavy atom. The Morgan fingerprint density at radius 2 is 1.41 bits per heavy atom. The fraction of sp³-hybridized carbons (Fsp3) is 1.00. The summed E-state index contributed by atoms with van der Waals surface area (Å²) in [6.45, 7) is 6.99. The zero-order chi connectivity index (χ0) is 9.94. The van der Waals surface area contributed by atoms with E-state index >= 15 is 0 Å². The molecule has 1 atom stereocenters. The van der Waals surface area contributed by atoms with Crippen molar-refractivity contribution in [2.75, 3.05) is 33.5 Å². The summed E-state index contributed by atoms with van der Waals surface area (Å²) in [4.78, 5) is 0. The van der Waals surface area contributed by atoms with Crippen LogP contribution in [0.4, 0.5) is 0 Å². The summed E-state index contributed by atoms with van der Waals surface area (Å²) in [6.07, 6.45) is 2.49. The first-order chi connectivity index (χ1) is 6.31. The Balaban J connectivity index is -0.000000120. The molecule has 3 heteroatoms.